The second-order valence-electron chi connectivity index (χ2n) is 5.73. The molecule has 6 heteroatoms. The Kier molecular flexibility index (Phi) is 5.05. The predicted octanol–water partition coefficient (Wildman–Crippen LogP) is 1.65. The van der Waals surface area contributed by atoms with Gasteiger partial charge in [-0.05, 0) is 45.7 Å². The number of hydrogen-bond acceptors (Lipinski definition) is 4. The first-order chi connectivity index (χ1) is 9.50. The van der Waals surface area contributed by atoms with Crippen LogP contribution in [0.1, 0.15) is 26.7 Å². The molecular formula is C14H23ClN4O. The topological polar surface area (TPSA) is 50.2 Å². The third-order valence-electron chi connectivity index (χ3n) is 3.85. The average molecular weight is 299 g/mol. The fraction of sp³-hybridized carbons (Fsp3) is 0.714. The number of piperidine rings is 1. The van der Waals surface area contributed by atoms with Crippen LogP contribution in [0.15, 0.2) is 11.0 Å². The van der Waals surface area contributed by atoms with Crippen LogP contribution in [0.2, 0.25) is 5.02 Å². The van der Waals surface area contributed by atoms with Crippen LogP contribution in [0.3, 0.4) is 0 Å². The van der Waals surface area contributed by atoms with Crippen molar-refractivity contribution in [2.75, 3.05) is 24.5 Å². The highest BCUT2D eigenvalue weighted by Gasteiger charge is 2.22. The molecule has 1 N–H and O–H groups in total. The van der Waals surface area contributed by atoms with E-state index in [0.29, 0.717) is 5.92 Å². The second kappa shape index (κ2) is 6.59. The van der Waals surface area contributed by atoms with Crippen molar-refractivity contribution >= 4 is 17.3 Å². The molecule has 0 aliphatic carbocycles. The molecule has 0 spiro atoms. The second-order valence-corrected chi connectivity index (χ2v) is 6.11. The Hall–Kier alpha value is -1.07. The van der Waals surface area contributed by atoms with Gasteiger partial charge in [0.2, 0.25) is 0 Å². The number of anilines is 1. The van der Waals surface area contributed by atoms with Gasteiger partial charge in [0, 0.05) is 19.6 Å². The number of rotatable bonds is 4. The smallest absolute Gasteiger partial charge is 0.287 e. The zero-order valence-electron chi connectivity index (χ0n) is 12.4. The lowest BCUT2D eigenvalue weighted by Crippen LogP contribution is -2.42. The largest absolute Gasteiger partial charge is 0.366 e. The van der Waals surface area contributed by atoms with Gasteiger partial charge < -0.3 is 10.2 Å². The van der Waals surface area contributed by atoms with E-state index >= 15 is 0 Å². The molecule has 1 aliphatic heterocycles. The van der Waals surface area contributed by atoms with E-state index in [1.54, 1.807) is 13.2 Å². The van der Waals surface area contributed by atoms with Crippen LogP contribution >= 0.6 is 11.6 Å². The Balaban J connectivity index is 2.24. The summed E-state index contributed by atoms with van der Waals surface area (Å²) in [6, 6.07) is 0.281. The van der Waals surface area contributed by atoms with E-state index in [1.165, 1.54) is 17.5 Å². The van der Waals surface area contributed by atoms with Gasteiger partial charge in [-0.3, -0.25) is 4.79 Å². The number of nitrogens with zero attached hydrogens (tertiary/aromatic N) is 3. The molecule has 1 atom stereocenters. The molecule has 112 valence electrons. The zero-order chi connectivity index (χ0) is 14.7. The first-order valence-corrected chi connectivity index (χ1v) is 7.57. The van der Waals surface area contributed by atoms with Gasteiger partial charge in [-0.2, -0.15) is 5.10 Å². The Morgan fingerprint density at radius 2 is 2.35 bits per heavy atom. The Bertz CT molecular complexity index is 508. The van der Waals surface area contributed by atoms with E-state index in [1.807, 2.05) is 0 Å². The predicted molar refractivity (Wildman–Crippen MR) is 82.6 cm³/mol. The standard InChI is InChI=1S/C14H23ClN4O/c1-10(2)19(9-11-5-4-6-16-7-11)12-8-17-18(3)14(20)13(12)15/h8,10-11,16H,4-7,9H2,1-3H3. The van der Waals surface area contributed by atoms with E-state index in [-0.39, 0.29) is 16.6 Å². The van der Waals surface area contributed by atoms with Gasteiger partial charge in [-0.15, -0.1) is 0 Å². The summed E-state index contributed by atoms with van der Waals surface area (Å²) in [5.41, 5.74) is 0.506. The van der Waals surface area contributed by atoms with Gasteiger partial charge in [0.15, 0.2) is 0 Å². The van der Waals surface area contributed by atoms with Crippen molar-refractivity contribution in [2.24, 2.45) is 13.0 Å². The summed E-state index contributed by atoms with van der Waals surface area (Å²) in [5.74, 6) is 0.589. The third-order valence-corrected chi connectivity index (χ3v) is 4.20. The molecule has 1 fully saturated rings. The molecule has 20 heavy (non-hydrogen) atoms. The van der Waals surface area contributed by atoms with E-state index in [4.69, 9.17) is 11.6 Å². The first-order valence-electron chi connectivity index (χ1n) is 7.20. The molecule has 0 saturated carbocycles. The molecule has 1 aromatic heterocycles. The molecule has 1 saturated heterocycles. The van der Waals surface area contributed by atoms with E-state index < -0.39 is 0 Å². The van der Waals surface area contributed by atoms with Gasteiger partial charge in [-0.25, -0.2) is 4.68 Å². The molecule has 0 radical (unpaired) electrons. The SMILES string of the molecule is CC(C)N(CC1CCCNC1)c1cnn(C)c(=O)c1Cl. The van der Waals surface area contributed by atoms with E-state index in [2.05, 4.69) is 29.2 Å². The molecule has 0 amide bonds. The van der Waals surface area contributed by atoms with Crippen LogP contribution in [-0.4, -0.2) is 35.5 Å². The fourth-order valence-electron chi connectivity index (χ4n) is 2.65. The lowest BCUT2D eigenvalue weighted by Gasteiger charge is -2.34. The van der Waals surface area contributed by atoms with Crippen molar-refractivity contribution in [2.45, 2.75) is 32.7 Å². The van der Waals surface area contributed by atoms with Crippen LogP contribution in [0.4, 0.5) is 5.69 Å². The molecule has 0 bridgehead atoms. The lowest BCUT2D eigenvalue weighted by molar-refractivity contribution is 0.371. The Morgan fingerprint density at radius 1 is 1.60 bits per heavy atom. The summed E-state index contributed by atoms with van der Waals surface area (Å²) >= 11 is 6.22. The summed E-state index contributed by atoms with van der Waals surface area (Å²) in [6.45, 7) is 7.26. The summed E-state index contributed by atoms with van der Waals surface area (Å²) in [5, 5.41) is 7.79. The average Bonchev–Trinajstić information content (AvgIpc) is 2.44. The maximum atomic E-state index is 11.9. The minimum absolute atomic E-state index is 0.239. The minimum atomic E-state index is -0.239. The van der Waals surface area contributed by atoms with Gasteiger partial charge in [-0.1, -0.05) is 11.6 Å². The van der Waals surface area contributed by atoms with Crippen molar-refractivity contribution in [3.05, 3.63) is 21.6 Å². The number of halogens is 1. The van der Waals surface area contributed by atoms with Crippen molar-refractivity contribution in [1.29, 1.82) is 0 Å². The highest BCUT2D eigenvalue weighted by molar-refractivity contribution is 6.33. The van der Waals surface area contributed by atoms with Gasteiger partial charge in [0.25, 0.3) is 5.56 Å². The number of hydrogen-bond donors (Lipinski definition) is 1. The van der Waals surface area contributed by atoms with Gasteiger partial charge in [0.1, 0.15) is 5.02 Å². The van der Waals surface area contributed by atoms with E-state index in [9.17, 15) is 4.79 Å². The highest BCUT2D eigenvalue weighted by Crippen LogP contribution is 2.25. The zero-order valence-corrected chi connectivity index (χ0v) is 13.2. The quantitative estimate of drug-likeness (QED) is 0.918. The maximum Gasteiger partial charge on any atom is 0.287 e. The van der Waals surface area contributed by atoms with Crippen molar-refractivity contribution in [3.8, 4) is 0 Å². The number of aryl methyl sites for hydroxylation is 1. The van der Waals surface area contributed by atoms with Crippen LogP contribution < -0.4 is 15.8 Å². The summed E-state index contributed by atoms with van der Waals surface area (Å²) in [7, 11) is 1.61. The molecule has 5 nitrogen and oxygen atoms in total. The minimum Gasteiger partial charge on any atom is -0.366 e. The molecule has 1 unspecified atom stereocenters. The van der Waals surface area contributed by atoms with Crippen molar-refractivity contribution in [3.63, 3.8) is 0 Å². The third kappa shape index (κ3) is 3.33. The lowest BCUT2D eigenvalue weighted by atomic mass is 9.98. The summed E-state index contributed by atoms with van der Waals surface area (Å²) in [4.78, 5) is 14.1. The van der Waals surface area contributed by atoms with Crippen molar-refractivity contribution < 1.29 is 0 Å². The molecule has 2 rings (SSSR count). The molecule has 1 aromatic rings. The maximum absolute atomic E-state index is 11.9. The van der Waals surface area contributed by atoms with E-state index in [0.717, 1.165) is 25.3 Å². The highest BCUT2D eigenvalue weighted by atomic mass is 35.5. The fourth-order valence-corrected chi connectivity index (χ4v) is 2.93. The van der Waals surface area contributed by atoms with Crippen LogP contribution in [0.25, 0.3) is 0 Å². The molecular weight excluding hydrogens is 276 g/mol. The van der Waals surface area contributed by atoms with Crippen LogP contribution in [-0.2, 0) is 7.05 Å². The Labute approximate surface area is 124 Å². The normalized spacial score (nSPS) is 19.4. The Morgan fingerprint density at radius 3 is 2.95 bits per heavy atom. The number of nitrogens with one attached hydrogen (secondary N) is 1. The van der Waals surface area contributed by atoms with Crippen molar-refractivity contribution in [1.82, 2.24) is 15.1 Å². The molecule has 1 aliphatic rings. The van der Waals surface area contributed by atoms with Crippen LogP contribution in [0.5, 0.6) is 0 Å². The summed E-state index contributed by atoms with van der Waals surface area (Å²) in [6.07, 6.45) is 4.12. The van der Waals surface area contributed by atoms with Crippen LogP contribution in [0, 0.1) is 5.92 Å². The molecule has 2 heterocycles. The monoisotopic (exact) mass is 298 g/mol. The summed E-state index contributed by atoms with van der Waals surface area (Å²) < 4.78 is 1.27. The van der Waals surface area contributed by atoms with Gasteiger partial charge >= 0.3 is 0 Å². The first kappa shape index (κ1) is 15.3. The van der Waals surface area contributed by atoms with Gasteiger partial charge in [0.05, 0.1) is 11.9 Å². The molecule has 0 aromatic carbocycles. The number of aromatic nitrogens is 2.